The van der Waals surface area contributed by atoms with Gasteiger partial charge in [0, 0.05) is 36.5 Å². The average molecular weight is 339 g/mol. The van der Waals surface area contributed by atoms with Gasteiger partial charge in [0.15, 0.2) is 0 Å². The van der Waals surface area contributed by atoms with E-state index in [0.717, 1.165) is 19.6 Å². The molecule has 2 aromatic carbocycles. The molecule has 3 nitrogen and oxygen atoms in total. The van der Waals surface area contributed by atoms with Crippen LogP contribution in [-0.2, 0) is 12.1 Å². The molecule has 130 valence electrons. The van der Waals surface area contributed by atoms with Crippen LogP contribution >= 0.6 is 0 Å². The fourth-order valence-corrected chi connectivity index (χ4v) is 4.02. The van der Waals surface area contributed by atoms with Crippen LogP contribution in [0.4, 0.5) is 4.39 Å². The number of benzene rings is 2. The van der Waals surface area contributed by atoms with Crippen molar-refractivity contribution in [3.8, 4) is 0 Å². The molecule has 4 rings (SSSR count). The molecule has 1 aromatic heterocycles. The first-order valence-electron chi connectivity index (χ1n) is 8.73. The van der Waals surface area contributed by atoms with Crippen LogP contribution in [0.15, 0.2) is 59.2 Å². The van der Waals surface area contributed by atoms with Crippen molar-refractivity contribution >= 4 is 11.0 Å². The van der Waals surface area contributed by atoms with Crippen LogP contribution in [0.5, 0.6) is 0 Å². The highest BCUT2D eigenvalue weighted by Gasteiger charge is 2.43. The van der Waals surface area contributed by atoms with Crippen LogP contribution in [0.1, 0.15) is 24.5 Å². The third kappa shape index (κ3) is 2.86. The van der Waals surface area contributed by atoms with Crippen LogP contribution in [0, 0.1) is 11.7 Å². The van der Waals surface area contributed by atoms with Gasteiger partial charge in [-0.3, -0.25) is 4.90 Å². The summed E-state index contributed by atoms with van der Waals surface area (Å²) in [5.41, 5.74) is 1.07. The maximum atomic E-state index is 14.6. The van der Waals surface area contributed by atoms with Crippen molar-refractivity contribution in [3.63, 3.8) is 0 Å². The molecule has 1 fully saturated rings. The molecule has 25 heavy (non-hydrogen) atoms. The molecule has 0 saturated carbocycles. The van der Waals surface area contributed by atoms with Crippen molar-refractivity contribution < 1.29 is 13.9 Å². The van der Waals surface area contributed by atoms with Gasteiger partial charge in [0.2, 0.25) is 0 Å². The quantitative estimate of drug-likeness (QED) is 0.773. The van der Waals surface area contributed by atoms with E-state index in [1.165, 1.54) is 11.6 Å². The number of piperidine rings is 1. The summed E-state index contributed by atoms with van der Waals surface area (Å²) < 4.78 is 20.0. The molecule has 0 amide bonds. The molecule has 0 bridgehead atoms. The summed E-state index contributed by atoms with van der Waals surface area (Å²) >= 11 is 0. The van der Waals surface area contributed by atoms with Gasteiger partial charge in [-0.05, 0) is 30.2 Å². The van der Waals surface area contributed by atoms with Crippen LogP contribution in [-0.4, -0.2) is 23.1 Å². The Morgan fingerprint density at radius 1 is 1.20 bits per heavy atom. The maximum absolute atomic E-state index is 14.6. The second-order valence-electron chi connectivity index (χ2n) is 7.05. The van der Waals surface area contributed by atoms with E-state index in [4.69, 9.17) is 4.42 Å². The second kappa shape index (κ2) is 6.28. The van der Waals surface area contributed by atoms with Crippen LogP contribution < -0.4 is 0 Å². The molecule has 1 N–H and O–H groups in total. The summed E-state index contributed by atoms with van der Waals surface area (Å²) in [7, 11) is 0. The van der Waals surface area contributed by atoms with Crippen LogP contribution in [0.25, 0.3) is 11.0 Å². The smallest absolute Gasteiger partial charge is 0.134 e. The summed E-state index contributed by atoms with van der Waals surface area (Å²) in [6, 6.07) is 15.1. The Hall–Kier alpha value is -2.17. The number of likely N-dealkylation sites (tertiary alicyclic amines) is 1. The molecule has 2 atom stereocenters. The fourth-order valence-electron chi connectivity index (χ4n) is 4.02. The second-order valence-corrected chi connectivity index (χ2v) is 7.05. The molecule has 2 heterocycles. The Kier molecular flexibility index (Phi) is 4.10. The number of hydrogen-bond donors (Lipinski definition) is 1. The van der Waals surface area contributed by atoms with Gasteiger partial charge < -0.3 is 9.52 Å². The lowest BCUT2D eigenvalue weighted by Gasteiger charge is -2.44. The number of hydrogen-bond acceptors (Lipinski definition) is 3. The summed E-state index contributed by atoms with van der Waals surface area (Å²) in [6.45, 7) is 4.29. The first-order chi connectivity index (χ1) is 12.1. The van der Waals surface area contributed by atoms with Crippen molar-refractivity contribution in [1.82, 2.24) is 4.90 Å². The SMILES string of the molecule is CC1CN(Cc2ccccc2)CCC1(O)c1c(F)ccc2occc12. The highest BCUT2D eigenvalue weighted by Crippen LogP contribution is 2.42. The lowest BCUT2D eigenvalue weighted by molar-refractivity contribution is -0.0739. The highest BCUT2D eigenvalue weighted by atomic mass is 19.1. The van der Waals surface area contributed by atoms with Gasteiger partial charge in [-0.2, -0.15) is 0 Å². The molecule has 3 aromatic rings. The van der Waals surface area contributed by atoms with Crippen molar-refractivity contribution in [2.24, 2.45) is 5.92 Å². The molecule has 1 aliphatic rings. The first-order valence-corrected chi connectivity index (χ1v) is 8.73. The third-order valence-electron chi connectivity index (χ3n) is 5.42. The molecule has 4 heteroatoms. The van der Waals surface area contributed by atoms with E-state index in [1.54, 1.807) is 18.4 Å². The lowest BCUT2D eigenvalue weighted by atomic mass is 9.75. The maximum Gasteiger partial charge on any atom is 0.134 e. The predicted octanol–water partition coefficient (Wildman–Crippen LogP) is 4.30. The van der Waals surface area contributed by atoms with Crippen molar-refractivity contribution in [2.75, 3.05) is 13.1 Å². The van der Waals surface area contributed by atoms with Crippen LogP contribution in [0.2, 0.25) is 0 Å². The Labute approximate surface area is 146 Å². The standard InChI is InChI=1S/C21H22FNO2/c1-15-13-23(14-16-5-3-2-4-6-16)11-10-21(15,24)20-17-9-12-25-19(17)8-7-18(20)22/h2-9,12,15,24H,10-11,13-14H2,1H3. The molecule has 0 aliphatic carbocycles. The molecule has 2 unspecified atom stereocenters. The Bertz CT molecular complexity index is 876. The highest BCUT2D eigenvalue weighted by molar-refractivity contribution is 5.82. The average Bonchev–Trinajstić information content (AvgIpc) is 3.07. The van der Waals surface area contributed by atoms with E-state index in [0.29, 0.717) is 23.0 Å². The van der Waals surface area contributed by atoms with Crippen molar-refractivity contribution in [2.45, 2.75) is 25.5 Å². The van der Waals surface area contributed by atoms with E-state index in [-0.39, 0.29) is 11.7 Å². The molecule has 0 radical (unpaired) electrons. The van der Waals surface area contributed by atoms with E-state index in [1.807, 2.05) is 25.1 Å². The summed E-state index contributed by atoms with van der Waals surface area (Å²) in [6.07, 6.45) is 2.05. The Balaban J connectivity index is 1.61. The third-order valence-corrected chi connectivity index (χ3v) is 5.42. The van der Waals surface area contributed by atoms with Crippen molar-refractivity contribution in [3.05, 3.63) is 71.7 Å². The zero-order chi connectivity index (χ0) is 17.4. The van der Waals surface area contributed by atoms with Gasteiger partial charge in [0.25, 0.3) is 0 Å². The van der Waals surface area contributed by atoms with Crippen molar-refractivity contribution in [1.29, 1.82) is 0 Å². The predicted molar refractivity (Wildman–Crippen MR) is 95.6 cm³/mol. The largest absolute Gasteiger partial charge is 0.464 e. The normalized spacial score (nSPS) is 24.7. The fraction of sp³-hybridized carbons (Fsp3) is 0.333. The summed E-state index contributed by atoms with van der Waals surface area (Å²) in [4.78, 5) is 2.32. The molecular weight excluding hydrogens is 317 g/mol. The van der Waals surface area contributed by atoms with E-state index in [9.17, 15) is 9.50 Å². The zero-order valence-electron chi connectivity index (χ0n) is 14.3. The van der Waals surface area contributed by atoms with Gasteiger partial charge >= 0.3 is 0 Å². The Morgan fingerprint density at radius 2 is 2.00 bits per heavy atom. The van der Waals surface area contributed by atoms with E-state index >= 15 is 0 Å². The molecule has 0 spiro atoms. The minimum atomic E-state index is -1.18. The van der Waals surface area contributed by atoms with Gasteiger partial charge in [-0.25, -0.2) is 4.39 Å². The number of fused-ring (bicyclic) bond motifs is 1. The number of rotatable bonds is 3. The number of aliphatic hydroxyl groups is 1. The number of nitrogens with zero attached hydrogens (tertiary/aromatic N) is 1. The zero-order valence-corrected chi connectivity index (χ0v) is 14.3. The van der Waals surface area contributed by atoms with Crippen LogP contribution in [0.3, 0.4) is 0 Å². The summed E-state index contributed by atoms with van der Waals surface area (Å²) in [5.74, 6) is -0.445. The minimum absolute atomic E-state index is 0.0834. The van der Waals surface area contributed by atoms with Gasteiger partial charge in [0.1, 0.15) is 11.4 Å². The van der Waals surface area contributed by atoms with E-state index < -0.39 is 5.60 Å². The van der Waals surface area contributed by atoms with E-state index in [2.05, 4.69) is 17.0 Å². The number of halogens is 1. The monoisotopic (exact) mass is 339 g/mol. The Morgan fingerprint density at radius 3 is 2.76 bits per heavy atom. The molecular formula is C21H22FNO2. The first kappa shape index (κ1) is 16.3. The minimum Gasteiger partial charge on any atom is -0.464 e. The lowest BCUT2D eigenvalue weighted by Crippen LogP contribution is -2.49. The van der Waals surface area contributed by atoms with Gasteiger partial charge in [0.05, 0.1) is 11.9 Å². The van der Waals surface area contributed by atoms with Gasteiger partial charge in [-0.15, -0.1) is 0 Å². The molecule has 1 aliphatic heterocycles. The molecule has 1 saturated heterocycles. The van der Waals surface area contributed by atoms with Gasteiger partial charge in [-0.1, -0.05) is 37.3 Å². The summed E-state index contributed by atoms with van der Waals surface area (Å²) in [5, 5.41) is 12.1. The topological polar surface area (TPSA) is 36.6 Å². The number of furan rings is 1.